The van der Waals surface area contributed by atoms with E-state index in [1.54, 1.807) is 7.05 Å². The van der Waals surface area contributed by atoms with Gasteiger partial charge in [-0.25, -0.2) is 4.79 Å². The summed E-state index contributed by atoms with van der Waals surface area (Å²) in [4.78, 5) is 25.6. The molecule has 1 aromatic rings. The van der Waals surface area contributed by atoms with E-state index in [0.29, 0.717) is 0 Å². The van der Waals surface area contributed by atoms with E-state index in [-0.39, 0.29) is 6.54 Å². The van der Waals surface area contributed by atoms with Crippen molar-refractivity contribution >= 4 is 17.7 Å². The fraction of sp³-hybridized carbons (Fsp3) is 0.333. The molecule has 0 aliphatic carbocycles. The van der Waals surface area contributed by atoms with Gasteiger partial charge in [0, 0.05) is 12.7 Å². The van der Waals surface area contributed by atoms with E-state index < -0.39 is 18.5 Å². The highest BCUT2D eigenvalue weighted by Crippen LogP contribution is 2.21. The zero-order chi connectivity index (χ0) is 15.3. The molecular weight excluding hydrogens is 256 g/mol. The third kappa shape index (κ3) is 3.75. The molecule has 0 bridgehead atoms. The topological polar surface area (TPSA) is 60.9 Å². The van der Waals surface area contributed by atoms with Crippen LogP contribution in [-0.4, -0.2) is 42.1 Å². The molecule has 106 valence electrons. The number of aryl methyl sites for hydroxylation is 2. The normalized spacial score (nSPS) is 9.70. The van der Waals surface area contributed by atoms with E-state index in [1.165, 1.54) is 4.90 Å². The van der Waals surface area contributed by atoms with E-state index in [0.717, 1.165) is 21.7 Å². The molecule has 0 heterocycles. The molecule has 0 unspecified atom stereocenters. The molecule has 5 nitrogen and oxygen atoms in total. The van der Waals surface area contributed by atoms with E-state index in [9.17, 15) is 9.59 Å². The average molecular weight is 274 g/mol. The van der Waals surface area contributed by atoms with Crippen molar-refractivity contribution < 1.29 is 14.7 Å². The van der Waals surface area contributed by atoms with Crippen molar-refractivity contribution in [1.82, 2.24) is 4.90 Å². The monoisotopic (exact) mass is 274 g/mol. The SMILES string of the molecule is C#CCN(CC(=O)O)C(=O)N(C)c1ccc(C)cc1C. The Hall–Kier alpha value is -2.48. The number of hydrogen-bond acceptors (Lipinski definition) is 2. The summed E-state index contributed by atoms with van der Waals surface area (Å²) in [5, 5.41) is 8.82. The lowest BCUT2D eigenvalue weighted by atomic mass is 10.1. The molecule has 0 saturated heterocycles. The number of carbonyl (C=O) groups is 2. The smallest absolute Gasteiger partial charge is 0.325 e. The van der Waals surface area contributed by atoms with Gasteiger partial charge in [-0.05, 0) is 25.5 Å². The van der Waals surface area contributed by atoms with Crippen LogP contribution >= 0.6 is 0 Å². The van der Waals surface area contributed by atoms with Crippen LogP contribution in [0.3, 0.4) is 0 Å². The first-order valence-electron chi connectivity index (χ1n) is 6.12. The van der Waals surface area contributed by atoms with Crippen LogP contribution < -0.4 is 4.90 Å². The number of terminal acetylenes is 1. The van der Waals surface area contributed by atoms with Gasteiger partial charge in [-0.3, -0.25) is 9.69 Å². The van der Waals surface area contributed by atoms with Gasteiger partial charge in [-0.1, -0.05) is 23.6 Å². The predicted octanol–water partition coefficient (Wildman–Crippen LogP) is 1.88. The molecule has 0 aromatic heterocycles. The van der Waals surface area contributed by atoms with E-state index in [1.807, 2.05) is 32.0 Å². The zero-order valence-corrected chi connectivity index (χ0v) is 11.9. The number of carboxylic acids is 1. The first-order valence-corrected chi connectivity index (χ1v) is 6.12. The van der Waals surface area contributed by atoms with Crippen LogP contribution in [0, 0.1) is 26.2 Å². The molecule has 1 aromatic carbocycles. The molecule has 0 aliphatic rings. The minimum atomic E-state index is -1.09. The van der Waals surface area contributed by atoms with Crippen molar-refractivity contribution in [3.8, 4) is 12.3 Å². The Balaban J connectivity index is 2.99. The van der Waals surface area contributed by atoms with Crippen LogP contribution in [0.2, 0.25) is 0 Å². The van der Waals surface area contributed by atoms with Crippen molar-refractivity contribution in [2.75, 3.05) is 25.0 Å². The van der Waals surface area contributed by atoms with Crippen LogP contribution in [0.1, 0.15) is 11.1 Å². The Morgan fingerprint density at radius 1 is 1.35 bits per heavy atom. The first-order chi connectivity index (χ1) is 9.36. The van der Waals surface area contributed by atoms with Crippen molar-refractivity contribution in [2.24, 2.45) is 0 Å². The molecule has 20 heavy (non-hydrogen) atoms. The first kappa shape index (κ1) is 15.6. The van der Waals surface area contributed by atoms with Gasteiger partial charge in [0.2, 0.25) is 0 Å². The highest BCUT2D eigenvalue weighted by molar-refractivity contribution is 5.94. The molecule has 5 heteroatoms. The Bertz CT molecular complexity index is 561. The van der Waals surface area contributed by atoms with Gasteiger partial charge in [0.25, 0.3) is 0 Å². The molecule has 0 fully saturated rings. The molecule has 0 aliphatic heterocycles. The Labute approximate surface area is 118 Å². The number of aliphatic carboxylic acids is 1. The summed E-state index contributed by atoms with van der Waals surface area (Å²) in [6.45, 7) is 3.40. The number of benzene rings is 1. The molecule has 0 radical (unpaired) electrons. The maximum absolute atomic E-state index is 12.3. The second-order valence-corrected chi connectivity index (χ2v) is 4.59. The van der Waals surface area contributed by atoms with Crippen molar-refractivity contribution in [2.45, 2.75) is 13.8 Å². The third-order valence-electron chi connectivity index (χ3n) is 2.88. The molecular formula is C15H18N2O3. The van der Waals surface area contributed by atoms with Crippen LogP contribution in [-0.2, 0) is 4.79 Å². The van der Waals surface area contributed by atoms with Crippen molar-refractivity contribution in [3.05, 3.63) is 29.3 Å². The second-order valence-electron chi connectivity index (χ2n) is 4.59. The molecule has 2 amide bonds. The summed E-state index contributed by atoms with van der Waals surface area (Å²) in [7, 11) is 1.60. The van der Waals surface area contributed by atoms with E-state index in [4.69, 9.17) is 11.5 Å². The highest BCUT2D eigenvalue weighted by atomic mass is 16.4. The van der Waals surface area contributed by atoms with Gasteiger partial charge in [0.05, 0.1) is 6.54 Å². The number of carboxylic acid groups (broad SMARTS) is 1. The standard InChI is InChI=1S/C15H18N2O3/c1-5-8-17(10-14(18)19)15(20)16(4)13-7-6-11(2)9-12(13)3/h1,6-7,9H,8,10H2,2-4H3,(H,18,19). The molecule has 0 atom stereocenters. The fourth-order valence-electron chi connectivity index (χ4n) is 1.96. The maximum Gasteiger partial charge on any atom is 0.325 e. The number of carbonyl (C=O) groups excluding carboxylic acids is 1. The van der Waals surface area contributed by atoms with Crippen molar-refractivity contribution in [1.29, 1.82) is 0 Å². The highest BCUT2D eigenvalue weighted by Gasteiger charge is 2.21. The van der Waals surface area contributed by atoms with Crippen molar-refractivity contribution in [3.63, 3.8) is 0 Å². The van der Waals surface area contributed by atoms with Gasteiger partial charge in [-0.2, -0.15) is 0 Å². The Morgan fingerprint density at radius 2 is 2.00 bits per heavy atom. The lowest BCUT2D eigenvalue weighted by Crippen LogP contribution is -2.44. The molecule has 0 saturated carbocycles. The number of anilines is 1. The second kappa shape index (κ2) is 6.62. The van der Waals surface area contributed by atoms with Gasteiger partial charge in [0.1, 0.15) is 6.54 Å². The van der Waals surface area contributed by atoms with Crippen LogP contribution in [0.5, 0.6) is 0 Å². The number of hydrogen-bond donors (Lipinski definition) is 1. The summed E-state index contributed by atoms with van der Waals surface area (Å²) in [5.41, 5.74) is 2.77. The van der Waals surface area contributed by atoms with E-state index >= 15 is 0 Å². The summed E-state index contributed by atoms with van der Waals surface area (Å²) in [6.07, 6.45) is 5.18. The minimum Gasteiger partial charge on any atom is -0.480 e. The van der Waals surface area contributed by atoms with Gasteiger partial charge >= 0.3 is 12.0 Å². The Kier molecular flexibility index (Phi) is 5.15. The number of nitrogens with zero attached hydrogens (tertiary/aromatic N) is 2. The Morgan fingerprint density at radius 3 is 2.50 bits per heavy atom. The summed E-state index contributed by atoms with van der Waals surface area (Å²) >= 11 is 0. The molecule has 0 spiro atoms. The summed E-state index contributed by atoms with van der Waals surface area (Å²) in [5.74, 6) is 1.20. The van der Waals surface area contributed by atoms with Crippen LogP contribution in [0.25, 0.3) is 0 Å². The number of rotatable bonds is 4. The third-order valence-corrected chi connectivity index (χ3v) is 2.88. The van der Waals surface area contributed by atoms with E-state index in [2.05, 4.69) is 5.92 Å². The van der Waals surface area contributed by atoms with Crippen LogP contribution in [0.15, 0.2) is 18.2 Å². The van der Waals surface area contributed by atoms with Gasteiger partial charge in [-0.15, -0.1) is 6.42 Å². The molecule has 1 rings (SSSR count). The predicted molar refractivity (Wildman–Crippen MR) is 77.8 cm³/mol. The largest absolute Gasteiger partial charge is 0.480 e. The lowest BCUT2D eigenvalue weighted by molar-refractivity contribution is -0.137. The summed E-state index contributed by atoms with van der Waals surface area (Å²) < 4.78 is 0. The maximum atomic E-state index is 12.3. The number of urea groups is 1. The van der Waals surface area contributed by atoms with Gasteiger partial charge in [0.15, 0.2) is 0 Å². The summed E-state index contributed by atoms with van der Waals surface area (Å²) in [6, 6.07) is 5.26. The quantitative estimate of drug-likeness (QED) is 0.853. The molecule has 1 N–H and O–H groups in total. The average Bonchev–Trinajstić information content (AvgIpc) is 2.36. The van der Waals surface area contributed by atoms with Gasteiger partial charge < -0.3 is 10.0 Å². The lowest BCUT2D eigenvalue weighted by Gasteiger charge is -2.26. The fourth-order valence-corrected chi connectivity index (χ4v) is 1.96. The minimum absolute atomic E-state index is 0.0413. The zero-order valence-electron chi connectivity index (χ0n) is 11.9. The van der Waals surface area contributed by atoms with Crippen LogP contribution in [0.4, 0.5) is 10.5 Å². The number of amides is 2.